The third kappa shape index (κ3) is 5.73. The first-order valence-corrected chi connectivity index (χ1v) is 11.0. The fourth-order valence-electron chi connectivity index (χ4n) is 4.34. The van der Waals surface area contributed by atoms with Crippen LogP contribution in [0.5, 0.6) is 0 Å². The summed E-state index contributed by atoms with van der Waals surface area (Å²) in [6.45, 7) is 6.50. The minimum absolute atomic E-state index is 0.0231. The molecule has 0 radical (unpaired) electrons. The average molecular weight is 386 g/mol. The van der Waals surface area contributed by atoms with E-state index in [2.05, 4.69) is 29.3 Å². The van der Waals surface area contributed by atoms with E-state index in [0.717, 1.165) is 37.5 Å². The molecule has 2 fully saturated rings. The molecule has 0 atom stereocenters. The van der Waals surface area contributed by atoms with E-state index in [9.17, 15) is 9.59 Å². The van der Waals surface area contributed by atoms with Gasteiger partial charge in [0.05, 0.1) is 0 Å². The van der Waals surface area contributed by atoms with Crippen molar-refractivity contribution in [3.05, 3.63) is 24.3 Å². The zero-order valence-corrected chi connectivity index (χ0v) is 17.5. The number of hydrogen-bond acceptors (Lipinski definition) is 3. The molecule has 3 rings (SSSR count). The summed E-state index contributed by atoms with van der Waals surface area (Å²) in [7, 11) is 0. The number of carbonyl (C=O) groups excluding carboxylic acids is 2. The quantitative estimate of drug-likeness (QED) is 0.802. The summed E-state index contributed by atoms with van der Waals surface area (Å²) in [6.07, 6.45) is 8.66. The van der Waals surface area contributed by atoms with E-state index in [1.54, 1.807) is 11.8 Å². The Morgan fingerprint density at radius 1 is 1.04 bits per heavy atom. The van der Waals surface area contributed by atoms with Gasteiger partial charge in [0.15, 0.2) is 0 Å². The van der Waals surface area contributed by atoms with Crippen molar-refractivity contribution in [2.45, 2.75) is 71.3 Å². The molecule has 1 aliphatic heterocycles. The highest BCUT2D eigenvalue weighted by Crippen LogP contribution is 2.26. The summed E-state index contributed by atoms with van der Waals surface area (Å²) in [5.41, 5.74) is 2.08. The highest BCUT2D eigenvalue weighted by Gasteiger charge is 2.19. The van der Waals surface area contributed by atoms with Crippen LogP contribution in [0.1, 0.15) is 65.2 Å². The fraction of sp³-hybridized carbons (Fsp3) is 0.652. The second-order valence-corrected chi connectivity index (χ2v) is 8.51. The van der Waals surface area contributed by atoms with Crippen LogP contribution >= 0.6 is 0 Å². The second kappa shape index (κ2) is 9.94. The third-order valence-corrected chi connectivity index (χ3v) is 6.22. The lowest BCUT2D eigenvalue weighted by atomic mass is 9.95. The highest BCUT2D eigenvalue weighted by molar-refractivity contribution is 5.92. The molecular weight excluding hydrogens is 350 g/mol. The molecule has 1 aliphatic carbocycles. The van der Waals surface area contributed by atoms with E-state index in [-0.39, 0.29) is 11.8 Å². The molecule has 0 spiro atoms. The molecule has 5 heteroatoms. The Hall–Kier alpha value is -2.04. The van der Waals surface area contributed by atoms with Crippen LogP contribution in [0.2, 0.25) is 0 Å². The van der Waals surface area contributed by atoms with Crippen LogP contribution in [0.4, 0.5) is 11.4 Å². The molecule has 2 aliphatic rings. The zero-order chi connectivity index (χ0) is 19.9. The molecule has 2 amide bonds. The van der Waals surface area contributed by atoms with E-state index in [1.165, 1.54) is 37.8 Å². The molecule has 28 heavy (non-hydrogen) atoms. The van der Waals surface area contributed by atoms with Crippen molar-refractivity contribution in [3.8, 4) is 0 Å². The van der Waals surface area contributed by atoms with Crippen molar-refractivity contribution in [1.82, 2.24) is 5.32 Å². The Balaban J connectivity index is 1.54. The zero-order valence-electron chi connectivity index (χ0n) is 17.5. The van der Waals surface area contributed by atoms with Gasteiger partial charge in [0, 0.05) is 50.4 Å². The Labute approximate surface area is 169 Å². The van der Waals surface area contributed by atoms with Crippen LogP contribution in [0.25, 0.3) is 0 Å². The van der Waals surface area contributed by atoms with Crippen molar-refractivity contribution in [3.63, 3.8) is 0 Å². The summed E-state index contributed by atoms with van der Waals surface area (Å²) < 4.78 is 0. The molecule has 1 aromatic rings. The number of amides is 2. The first-order valence-electron chi connectivity index (χ1n) is 11.0. The van der Waals surface area contributed by atoms with Gasteiger partial charge in [0.1, 0.15) is 0 Å². The number of benzene rings is 1. The predicted octanol–water partition coefficient (Wildman–Crippen LogP) is 4.11. The van der Waals surface area contributed by atoms with Gasteiger partial charge >= 0.3 is 0 Å². The van der Waals surface area contributed by atoms with Gasteiger partial charge in [-0.3, -0.25) is 9.59 Å². The van der Waals surface area contributed by atoms with Gasteiger partial charge < -0.3 is 15.1 Å². The molecule has 0 unspecified atom stereocenters. The number of nitrogens with one attached hydrogen (secondary N) is 1. The smallest absolute Gasteiger partial charge is 0.223 e. The monoisotopic (exact) mass is 385 g/mol. The van der Waals surface area contributed by atoms with Gasteiger partial charge in [0.25, 0.3) is 0 Å². The van der Waals surface area contributed by atoms with Crippen LogP contribution in [0, 0.1) is 5.92 Å². The maximum absolute atomic E-state index is 12.3. The number of rotatable bonds is 6. The fourth-order valence-corrected chi connectivity index (χ4v) is 4.34. The largest absolute Gasteiger partial charge is 0.372 e. The highest BCUT2D eigenvalue weighted by atomic mass is 16.2. The van der Waals surface area contributed by atoms with Crippen molar-refractivity contribution >= 4 is 23.2 Å². The van der Waals surface area contributed by atoms with Crippen molar-refractivity contribution in [2.24, 2.45) is 5.92 Å². The van der Waals surface area contributed by atoms with Gasteiger partial charge in [-0.1, -0.05) is 26.2 Å². The topological polar surface area (TPSA) is 52.7 Å². The predicted molar refractivity (Wildman–Crippen MR) is 115 cm³/mol. The maximum atomic E-state index is 12.3. The Kier molecular flexibility index (Phi) is 7.35. The van der Waals surface area contributed by atoms with Crippen LogP contribution in [0.3, 0.4) is 0 Å². The summed E-state index contributed by atoms with van der Waals surface area (Å²) in [5, 5.41) is 3.14. The second-order valence-electron chi connectivity index (χ2n) is 8.51. The lowest BCUT2D eigenvalue weighted by molar-refractivity contribution is -0.121. The van der Waals surface area contributed by atoms with Gasteiger partial charge in [-0.15, -0.1) is 0 Å². The molecule has 1 saturated heterocycles. The maximum Gasteiger partial charge on any atom is 0.223 e. The number of nitrogens with zero attached hydrogens (tertiary/aromatic N) is 2. The van der Waals surface area contributed by atoms with Gasteiger partial charge in [-0.05, 0) is 55.9 Å². The molecule has 0 aromatic heterocycles. The van der Waals surface area contributed by atoms with Gasteiger partial charge in [-0.2, -0.15) is 0 Å². The van der Waals surface area contributed by atoms with E-state index in [4.69, 9.17) is 0 Å². The minimum atomic E-state index is -0.0231. The number of carbonyl (C=O) groups is 2. The van der Waals surface area contributed by atoms with Crippen LogP contribution < -0.4 is 15.1 Å². The Morgan fingerprint density at radius 2 is 1.68 bits per heavy atom. The summed E-state index contributed by atoms with van der Waals surface area (Å²) >= 11 is 0. The molecule has 0 bridgehead atoms. The lowest BCUT2D eigenvalue weighted by Crippen LogP contribution is -2.39. The average Bonchev–Trinajstić information content (AvgIpc) is 2.70. The SMILES string of the molecule is CC(=O)N(CCC(=O)NC1CCCCC1)c1ccc(N2CCC(C)CC2)cc1. The number of anilines is 2. The molecular formula is C23H35N3O2. The van der Waals surface area contributed by atoms with E-state index in [1.807, 2.05) is 12.1 Å². The minimum Gasteiger partial charge on any atom is -0.372 e. The molecule has 5 nitrogen and oxygen atoms in total. The first kappa shape index (κ1) is 20.7. The Bertz CT molecular complexity index is 644. The molecule has 154 valence electrons. The summed E-state index contributed by atoms with van der Waals surface area (Å²) in [4.78, 5) is 28.6. The third-order valence-electron chi connectivity index (χ3n) is 6.22. The van der Waals surface area contributed by atoms with Crippen LogP contribution in [0.15, 0.2) is 24.3 Å². The van der Waals surface area contributed by atoms with Gasteiger partial charge in [-0.25, -0.2) is 0 Å². The Morgan fingerprint density at radius 3 is 2.29 bits per heavy atom. The standard InChI is InChI=1S/C23H35N3O2/c1-18-12-15-25(16-13-18)21-8-10-22(11-9-21)26(19(2)27)17-14-23(28)24-20-6-4-3-5-7-20/h8-11,18,20H,3-7,12-17H2,1-2H3,(H,24,28). The van der Waals surface area contributed by atoms with Crippen molar-refractivity contribution < 1.29 is 9.59 Å². The molecule has 1 saturated carbocycles. The number of piperidine rings is 1. The van der Waals surface area contributed by atoms with Crippen molar-refractivity contribution in [2.75, 3.05) is 29.4 Å². The van der Waals surface area contributed by atoms with Crippen molar-refractivity contribution in [1.29, 1.82) is 0 Å². The van der Waals surface area contributed by atoms with E-state index < -0.39 is 0 Å². The summed E-state index contributed by atoms with van der Waals surface area (Å²) in [6, 6.07) is 8.53. The van der Waals surface area contributed by atoms with E-state index in [0.29, 0.717) is 19.0 Å². The lowest BCUT2D eigenvalue weighted by Gasteiger charge is -2.32. The molecule has 1 heterocycles. The van der Waals surface area contributed by atoms with Crippen LogP contribution in [-0.4, -0.2) is 37.5 Å². The molecule has 1 aromatic carbocycles. The summed E-state index contributed by atoms with van der Waals surface area (Å²) in [5.74, 6) is 0.839. The van der Waals surface area contributed by atoms with Crippen LogP contribution in [-0.2, 0) is 9.59 Å². The normalized spacial score (nSPS) is 18.7. The molecule has 1 N–H and O–H groups in total. The first-order chi connectivity index (χ1) is 13.5. The van der Waals surface area contributed by atoms with Gasteiger partial charge in [0.2, 0.25) is 11.8 Å². The van der Waals surface area contributed by atoms with E-state index >= 15 is 0 Å². The number of hydrogen-bond donors (Lipinski definition) is 1.